The van der Waals surface area contributed by atoms with Crippen LogP contribution in [0.5, 0.6) is 5.75 Å². The molecule has 126 valence electrons. The molecule has 0 aromatic heterocycles. The van der Waals surface area contributed by atoms with Crippen LogP contribution in [0, 0.1) is 11.3 Å². The highest BCUT2D eigenvalue weighted by molar-refractivity contribution is 5.92. The molecule has 0 bridgehead atoms. The largest absolute Gasteiger partial charge is 0.494 e. The van der Waals surface area contributed by atoms with Gasteiger partial charge >= 0.3 is 0 Å². The Morgan fingerprint density at radius 3 is 2.26 bits per heavy atom. The number of amides is 1. The van der Waals surface area contributed by atoms with E-state index >= 15 is 0 Å². The van der Waals surface area contributed by atoms with Crippen molar-refractivity contribution < 1.29 is 9.53 Å². The average molecular weight is 316 g/mol. The van der Waals surface area contributed by atoms with Gasteiger partial charge < -0.3 is 10.1 Å². The van der Waals surface area contributed by atoms with E-state index in [0.29, 0.717) is 5.69 Å². The van der Waals surface area contributed by atoms with Crippen molar-refractivity contribution in [3.05, 3.63) is 24.3 Å². The van der Waals surface area contributed by atoms with Gasteiger partial charge in [0, 0.05) is 5.69 Å². The number of rotatable bonds is 12. The fourth-order valence-corrected chi connectivity index (χ4v) is 2.34. The summed E-state index contributed by atoms with van der Waals surface area (Å²) in [6, 6.07) is 9.08. The number of nitrogens with zero attached hydrogens (tertiary/aromatic N) is 1. The van der Waals surface area contributed by atoms with Gasteiger partial charge in [-0.05, 0) is 30.7 Å². The van der Waals surface area contributed by atoms with Gasteiger partial charge in [-0.3, -0.25) is 4.79 Å². The molecule has 0 saturated carbocycles. The number of unbranched alkanes of at least 4 members (excludes halogenated alkanes) is 7. The van der Waals surface area contributed by atoms with E-state index in [9.17, 15) is 4.79 Å². The van der Waals surface area contributed by atoms with Gasteiger partial charge in [-0.25, -0.2) is 0 Å². The molecule has 0 unspecified atom stereocenters. The molecule has 0 fully saturated rings. The molecule has 1 N–H and O–H groups in total. The van der Waals surface area contributed by atoms with Gasteiger partial charge in [0.05, 0.1) is 12.7 Å². The lowest BCUT2D eigenvalue weighted by atomic mass is 10.1. The Morgan fingerprint density at radius 2 is 1.65 bits per heavy atom. The van der Waals surface area contributed by atoms with Crippen LogP contribution in [0.2, 0.25) is 0 Å². The lowest BCUT2D eigenvalue weighted by molar-refractivity contribution is -0.115. The molecule has 4 heteroatoms. The van der Waals surface area contributed by atoms with Crippen LogP contribution in [0.3, 0.4) is 0 Å². The molecule has 0 aliphatic rings. The van der Waals surface area contributed by atoms with E-state index in [-0.39, 0.29) is 12.3 Å². The van der Waals surface area contributed by atoms with Gasteiger partial charge in [0.15, 0.2) is 0 Å². The Kier molecular flexibility index (Phi) is 10.4. The number of ether oxygens (including phenoxy) is 1. The Labute approximate surface area is 139 Å². The van der Waals surface area contributed by atoms with Crippen LogP contribution >= 0.6 is 0 Å². The van der Waals surface area contributed by atoms with E-state index in [4.69, 9.17) is 10.00 Å². The van der Waals surface area contributed by atoms with Crippen LogP contribution in [-0.2, 0) is 4.79 Å². The number of benzene rings is 1. The molecule has 0 saturated heterocycles. The van der Waals surface area contributed by atoms with Crippen molar-refractivity contribution in [2.75, 3.05) is 11.9 Å². The highest BCUT2D eigenvalue weighted by Crippen LogP contribution is 2.16. The smallest absolute Gasteiger partial charge is 0.238 e. The summed E-state index contributed by atoms with van der Waals surface area (Å²) in [5, 5.41) is 11.1. The molecule has 0 aliphatic heterocycles. The molecule has 0 radical (unpaired) electrons. The monoisotopic (exact) mass is 316 g/mol. The van der Waals surface area contributed by atoms with Gasteiger partial charge in [-0.15, -0.1) is 0 Å². The van der Waals surface area contributed by atoms with Gasteiger partial charge in [-0.2, -0.15) is 5.26 Å². The second-order valence-corrected chi connectivity index (χ2v) is 5.73. The topological polar surface area (TPSA) is 62.1 Å². The number of nitriles is 1. The van der Waals surface area contributed by atoms with Crippen LogP contribution in [-0.4, -0.2) is 12.5 Å². The zero-order valence-electron chi connectivity index (χ0n) is 14.1. The number of carbonyl (C=O) groups is 1. The Bertz CT molecular complexity index is 477. The summed E-state index contributed by atoms with van der Waals surface area (Å²) in [4.78, 5) is 11.3. The quantitative estimate of drug-likeness (QED) is 0.548. The molecule has 1 rings (SSSR count). The molecule has 23 heavy (non-hydrogen) atoms. The van der Waals surface area contributed by atoms with Crippen LogP contribution in [0.4, 0.5) is 5.69 Å². The molecule has 1 aromatic carbocycles. The average Bonchev–Trinajstić information content (AvgIpc) is 2.55. The van der Waals surface area contributed by atoms with Crippen LogP contribution < -0.4 is 10.1 Å². The van der Waals surface area contributed by atoms with E-state index in [2.05, 4.69) is 12.2 Å². The molecule has 1 amide bonds. The van der Waals surface area contributed by atoms with Crippen molar-refractivity contribution >= 4 is 11.6 Å². The van der Waals surface area contributed by atoms with E-state index in [1.807, 2.05) is 18.2 Å². The third-order valence-electron chi connectivity index (χ3n) is 3.64. The van der Waals surface area contributed by atoms with E-state index < -0.39 is 0 Å². The van der Waals surface area contributed by atoms with E-state index in [1.165, 1.54) is 44.9 Å². The van der Waals surface area contributed by atoms with Gasteiger partial charge in [0.2, 0.25) is 5.91 Å². The van der Waals surface area contributed by atoms with Crippen molar-refractivity contribution in [3.63, 3.8) is 0 Å². The summed E-state index contributed by atoms with van der Waals surface area (Å²) in [6.45, 7) is 2.97. The summed E-state index contributed by atoms with van der Waals surface area (Å²) in [6.07, 6.45) is 10.2. The molecule has 0 aliphatic carbocycles. The third kappa shape index (κ3) is 9.57. The summed E-state index contributed by atoms with van der Waals surface area (Å²) in [5.74, 6) is 0.520. The predicted molar refractivity (Wildman–Crippen MR) is 93.4 cm³/mol. The van der Waals surface area contributed by atoms with Crippen molar-refractivity contribution in [2.24, 2.45) is 0 Å². The lowest BCUT2D eigenvalue weighted by Crippen LogP contribution is -2.09. The Morgan fingerprint density at radius 1 is 1.04 bits per heavy atom. The number of nitrogens with one attached hydrogen (secondary N) is 1. The fourth-order valence-electron chi connectivity index (χ4n) is 2.34. The van der Waals surface area contributed by atoms with Crippen molar-refractivity contribution in [3.8, 4) is 11.8 Å². The normalized spacial score (nSPS) is 10.1. The number of hydrogen-bond acceptors (Lipinski definition) is 3. The summed E-state index contributed by atoms with van der Waals surface area (Å²) < 4.78 is 5.69. The van der Waals surface area contributed by atoms with Crippen LogP contribution in [0.15, 0.2) is 24.3 Å². The highest BCUT2D eigenvalue weighted by Gasteiger charge is 2.01. The number of anilines is 1. The van der Waals surface area contributed by atoms with Gasteiger partial charge in [0.25, 0.3) is 0 Å². The van der Waals surface area contributed by atoms with Gasteiger partial charge in [-0.1, -0.05) is 51.9 Å². The molecule has 0 heterocycles. The maximum Gasteiger partial charge on any atom is 0.238 e. The third-order valence-corrected chi connectivity index (χ3v) is 3.64. The van der Waals surface area contributed by atoms with Crippen LogP contribution in [0.25, 0.3) is 0 Å². The number of carbonyl (C=O) groups excluding carboxylic acids is 1. The predicted octanol–water partition coefficient (Wildman–Crippen LogP) is 5.06. The second kappa shape index (κ2) is 12.5. The molecule has 1 aromatic rings. The van der Waals surface area contributed by atoms with E-state index in [0.717, 1.165) is 18.8 Å². The Balaban J connectivity index is 2.09. The minimum Gasteiger partial charge on any atom is -0.494 e. The van der Waals surface area contributed by atoms with Gasteiger partial charge in [0.1, 0.15) is 12.2 Å². The zero-order valence-corrected chi connectivity index (χ0v) is 14.1. The van der Waals surface area contributed by atoms with Crippen molar-refractivity contribution in [1.29, 1.82) is 5.26 Å². The SMILES string of the molecule is CCCCCCCCCCOc1ccc(NC(=O)CC#N)cc1. The van der Waals surface area contributed by atoms with Crippen LogP contribution in [0.1, 0.15) is 64.7 Å². The molecular formula is C19H28N2O2. The molecule has 0 atom stereocenters. The first-order valence-electron chi connectivity index (χ1n) is 8.66. The Hall–Kier alpha value is -2.02. The standard InChI is InChI=1S/C19H28N2O2/c1-2-3-4-5-6-7-8-9-16-23-18-12-10-17(11-13-18)21-19(22)14-15-20/h10-13H,2-9,14,16H2,1H3,(H,21,22). The molecule has 4 nitrogen and oxygen atoms in total. The maximum atomic E-state index is 11.3. The lowest BCUT2D eigenvalue weighted by Gasteiger charge is -2.08. The zero-order chi connectivity index (χ0) is 16.8. The highest BCUT2D eigenvalue weighted by atomic mass is 16.5. The second-order valence-electron chi connectivity index (χ2n) is 5.73. The van der Waals surface area contributed by atoms with Crippen molar-refractivity contribution in [1.82, 2.24) is 0 Å². The summed E-state index contributed by atoms with van der Waals surface area (Å²) >= 11 is 0. The maximum absolute atomic E-state index is 11.3. The minimum atomic E-state index is -0.292. The summed E-state index contributed by atoms with van der Waals surface area (Å²) in [7, 11) is 0. The molecular weight excluding hydrogens is 288 g/mol. The fraction of sp³-hybridized carbons (Fsp3) is 0.579. The minimum absolute atomic E-state index is 0.128. The number of hydrogen-bond donors (Lipinski definition) is 1. The first-order chi connectivity index (χ1) is 11.3. The van der Waals surface area contributed by atoms with E-state index in [1.54, 1.807) is 12.1 Å². The first-order valence-corrected chi connectivity index (χ1v) is 8.66. The molecule has 0 spiro atoms. The first kappa shape index (κ1) is 19.0. The summed E-state index contributed by atoms with van der Waals surface area (Å²) in [5.41, 5.74) is 0.685. The van der Waals surface area contributed by atoms with Crippen molar-refractivity contribution in [2.45, 2.75) is 64.7 Å².